The number of aryl methyl sites for hydroxylation is 1. The van der Waals surface area contributed by atoms with Gasteiger partial charge < -0.3 is 14.8 Å². The molecule has 0 aromatic heterocycles. The van der Waals surface area contributed by atoms with Crippen LogP contribution in [-0.2, 0) is 9.53 Å². The standard InChI is InChI=1S/C14H19ClN2O4/c1-9-4-5-11(15)12(6-9)21-8-13(18)17-14(19)16-10(2)7-20-3/h4-6,10H,7-8H2,1-3H3,(H2,16,17,18,19). The number of hydrogen-bond acceptors (Lipinski definition) is 4. The van der Waals surface area contributed by atoms with Gasteiger partial charge >= 0.3 is 6.03 Å². The zero-order chi connectivity index (χ0) is 15.8. The number of methoxy groups -OCH3 is 1. The van der Waals surface area contributed by atoms with E-state index >= 15 is 0 Å². The summed E-state index contributed by atoms with van der Waals surface area (Å²) in [5.41, 5.74) is 0.959. The molecule has 0 aliphatic rings. The van der Waals surface area contributed by atoms with Crippen molar-refractivity contribution < 1.29 is 19.1 Å². The molecule has 7 heteroatoms. The van der Waals surface area contributed by atoms with Crippen molar-refractivity contribution in [2.75, 3.05) is 20.3 Å². The van der Waals surface area contributed by atoms with E-state index in [-0.39, 0.29) is 12.6 Å². The fourth-order valence-electron chi connectivity index (χ4n) is 1.58. The molecule has 0 fully saturated rings. The van der Waals surface area contributed by atoms with E-state index in [1.807, 2.05) is 13.0 Å². The van der Waals surface area contributed by atoms with Crippen molar-refractivity contribution in [3.05, 3.63) is 28.8 Å². The first-order chi connectivity index (χ1) is 9.92. The first kappa shape index (κ1) is 17.3. The number of nitrogens with one attached hydrogen (secondary N) is 2. The van der Waals surface area contributed by atoms with E-state index in [4.69, 9.17) is 21.1 Å². The molecule has 6 nitrogen and oxygen atoms in total. The zero-order valence-electron chi connectivity index (χ0n) is 12.2. The molecule has 0 bridgehead atoms. The number of imide groups is 1. The summed E-state index contributed by atoms with van der Waals surface area (Å²) in [6.07, 6.45) is 0. The van der Waals surface area contributed by atoms with Crippen LogP contribution in [0.5, 0.6) is 5.75 Å². The Balaban J connectivity index is 2.40. The highest BCUT2D eigenvalue weighted by atomic mass is 35.5. The van der Waals surface area contributed by atoms with Crippen LogP contribution in [0.15, 0.2) is 18.2 Å². The Morgan fingerprint density at radius 3 is 2.76 bits per heavy atom. The molecule has 116 valence electrons. The normalized spacial score (nSPS) is 11.6. The largest absolute Gasteiger partial charge is 0.482 e. The minimum absolute atomic E-state index is 0.199. The maximum atomic E-state index is 11.6. The van der Waals surface area contributed by atoms with Crippen LogP contribution in [0.25, 0.3) is 0 Å². The molecule has 1 rings (SSSR count). The second-order valence-corrected chi connectivity index (χ2v) is 5.01. The molecular formula is C14H19ClN2O4. The molecule has 1 aromatic carbocycles. The summed E-state index contributed by atoms with van der Waals surface area (Å²) in [7, 11) is 1.53. The summed E-state index contributed by atoms with van der Waals surface area (Å²) in [5, 5.41) is 5.12. The first-order valence-electron chi connectivity index (χ1n) is 6.40. The van der Waals surface area contributed by atoms with Gasteiger partial charge in [0.25, 0.3) is 5.91 Å². The Labute approximate surface area is 128 Å². The molecule has 1 atom stereocenters. The number of benzene rings is 1. The second kappa shape index (κ2) is 8.49. The first-order valence-corrected chi connectivity index (χ1v) is 6.78. The number of halogens is 1. The van der Waals surface area contributed by atoms with Crippen LogP contribution in [0, 0.1) is 6.92 Å². The minimum Gasteiger partial charge on any atom is -0.482 e. The average Bonchev–Trinajstić information content (AvgIpc) is 2.39. The number of hydrogen-bond donors (Lipinski definition) is 2. The van der Waals surface area contributed by atoms with Crippen molar-refractivity contribution in [1.82, 2.24) is 10.6 Å². The van der Waals surface area contributed by atoms with Gasteiger partial charge in [0.15, 0.2) is 6.61 Å². The maximum Gasteiger partial charge on any atom is 0.321 e. The fraction of sp³-hybridized carbons (Fsp3) is 0.429. The molecule has 21 heavy (non-hydrogen) atoms. The molecule has 3 amide bonds. The summed E-state index contributed by atoms with van der Waals surface area (Å²) in [6, 6.07) is 4.44. The molecular weight excluding hydrogens is 296 g/mol. The molecule has 2 N–H and O–H groups in total. The van der Waals surface area contributed by atoms with E-state index in [0.29, 0.717) is 17.4 Å². The van der Waals surface area contributed by atoms with Crippen LogP contribution in [0.2, 0.25) is 5.02 Å². The number of amides is 3. The summed E-state index contributed by atoms with van der Waals surface area (Å²) in [5.74, 6) is -0.158. The van der Waals surface area contributed by atoms with E-state index in [2.05, 4.69) is 10.6 Å². The van der Waals surface area contributed by atoms with E-state index in [9.17, 15) is 9.59 Å². The Hall–Kier alpha value is -1.79. The van der Waals surface area contributed by atoms with E-state index in [1.165, 1.54) is 7.11 Å². The Kier molecular flexibility index (Phi) is 6.98. The van der Waals surface area contributed by atoms with Gasteiger partial charge in [0.2, 0.25) is 0 Å². The van der Waals surface area contributed by atoms with Crippen molar-refractivity contribution in [3.63, 3.8) is 0 Å². The summed E-state index contributed by atoms with van der Waals surface area (Å²) >= 11 is 5.94. The van der Waals surface area contributed by atoms with Crippen molar-refractivity contribution >= 4 is 23.5 Å². The molecule has 1 aromatic rings. The molecule has 0 spiro atoms. The average molecular weight is 315 g/mol. The highest BCUT2D eigenvalue weighted by Gasteiger charge is 2.12. The lowest BCUT2D eigenvalue weighted by Crippen LogP contribution is -2.46. The number of carbonyl (C=O) groups is 2. The van der Waals surface area contributed by atoms with Gasteiger partial charge in [-0.1, -0.05) is 17.7 Å². The maximum absolute atomic E-state index is 11.6. The van der Waals surface area contributed by atoms with Crippen LogP contribution in [0.3, 0.4) is 0 Å². The summed E-state index contributed by atoms with van der Waals surface area (Å²) < 4.78 is 10.2. The molecule has 0 saturated heterocycles. The van der Waals surface area contributed by atoms with E-state index in [1.54, 1.807) is 19.1 Å². The van der Waals surface area contributed by atoms with Gasteiger partial charge in [-0.3, -0.25) is 10.1 Å². The van der Waals surface area contributed by atoms with Crippen LogP contribution < -0.4 is 15.4 Å². The predicted molar refractivity (Wildman–Crippen MR) is 79.7 cm³/mol. The van der Waals surface area contributed by atoms with Crippen LogP contribution in [0.4, 0.5) is 4.79 Å². The Bertz CT molecular complexity index is 508. The number of carbonyl (C=O) groups excluding carboxylic acids is 2. The highest BCUT2D eigenvalue weighted by Crippen LogP contribution is 2.24. The van der Waals surface area contributed by atoms with Gasteiger partial charge in [0, 0.05) is 7.11 Å². The predicted octanol–water partition coefficient (Wildman–Crippen LogP) is 1.89. The van der Waals surface area contributed by atoms with Gasteiger partial charge in [-0.25, -0.2) is 4.79 Å². The van der Waals surface area contributed by atoms with Crippen LogP contribution in [0.1, 0.15) is 12.5 Å². The quantitative estimate of drug-likeness (QED) is 0.840. The zero-order valence-corrected chi connectivity index (χ0v) is 13.0. The van der Waals surface area contributed by atoms with Crippen molar-refractivity contribution in [2.45, 2.75) is 19.9 Å². The fourth-order valence-corrected chi connectivity index (χ4v) is 1.75. The molecule has 1 unspecified atom stereocenters. The lowest BCUT2D eigenvalue weighted by molar-refractivity contribution is -0.122. The van der Waals surface area contributed by atoms with Gasteiger partial charge in [0.05, 0.1) is 17.7 Å². The van der Waals surface area contributed by atoms with E-state index < -0.39 is 11.9 Å². The van der Waals surface area contributed by atoms with Crippen molar-refractivity contribution in [2.24, 2.45) is 0 Å². The van der Waals surface area contributed by atoms with Gasteiger partial charge in [-0.2, -0.15) is 0 Å². The van der Waals surface area contributed by atoms with Crippen molar-refractivity contribution in [3.8, 4) is 5.75 Å². The molecule has 0 radical (unpaired) electrons. The lowest BCUT2D eigenvalue weighted by Gasteiger charge is -2.13. The van der Waals surface area contributed by atoms with Gasteiger partial charge in [-0.05, 0) is 31.5 Å². The van der Waals surface area contributed by atoms with Crippen LogP contribution >= 0.6 is 11.6 Å². The molecule has 0 heterocycles. The number of urea groups is 1. The second-order valence-electron chi connectivity index (χ2n) is 4.60. The number of ether oxygens (including phenoxy) is 2. The van der Waals surface area contributed by atoms with E-state index in [0.717, 1.165) is 5.56 Å². The molecule has 0 aliphatic carbocycles. The Morgan fingerprint density at radius 2 is 2.10 bits per heavy atom. The third-order valence-electron chi connectivity index (χ3n) is 2.49. The summed E-state index contributed by atoms with van der Waals surface area (Å²) in [6.45, 7) is 3.71. The van der Waals surface area contributed by atoms with Crippen LogP contribution in [-0.4, -0.2) is 38.3 Å². The van der Waals surface area contributed by atoms with Crippen molar-refractivity contribution in [1.29, 1.82) is 0 Å². The topological polar surface area (TPSA) is 76.7 Å². The van der Waals surface area contributed by atoms with Gasteiger partial charge in [-0.15, -0.1) is 0 Å². The third kappa shape index (κ3) is 6.46. The summed E-state index contributed by atoms with van der Waals surface area (Å²) in [4.78, 5) is 23.1. The SMILES string of the molecule is COCC(C)NC(=O)NC(=O)COc1cc(C)ccc1Cl. The number of rotatable bonds is 6. The smallest absolute Gasteiger partial charge is 0.321 e. The Morgan fingerprint density at radius 1 is 1.38 bits per heavy atom. The van der Waals surface area contributed by atoms with Gasteiger partial charge in [0.1, 0.15) is 5.75 Å². The molecule has 0 aliphatic heterocycles. The highest BCUT2D eigenvalue weighted by molar-refractivity contribution is 6.32. The minimum atomic E-state index is -0.594. The monoisotopic (exact) mass is 314 g/mol. The third-order valence-corrected chi connectivity index (χ3v) is 2.80. The molecule has 0 saturated carbocycles. The lowest BCUT2D eigenvalue weighted by atomic mass is 10.2.